The van der Waals surface area contributed by atoms with Crippen molar-refractivity contribution in [3.8, 4) is 12.3 Å². The number of allylic oxidation sites excluding steroid dienone is 1. The SMILES string of the molecule is C#CC(C(=C)C)(C(C)C)C(C)C(CC1CC(C)C1)C1(C)CC1CC. The molecule has 24 heavy (non-hydrogen) atoms. The van der Waals surface area contributed by atoms with E-state index >= 15 is 0 Å². The smallest absolute Gasteiger partial charge is 0.0566 e. The van der Waals surface area contributed by atoms with E-state index in [0.717, 1.165) is 23.7 Å². The molecule has 2 aliphatic rings. The minimum atomic E-state index is -0.163. The summed E-state index contributed by atoms with van der Waals surface area (Å²) in [6.07, 6.45) is 13.1. The van der Waals surface area contributed by atoms with Crippen molar-refractivity contribution in [1.82, 2.24) is 0 Å². The summed E-state index contributed by atoms with van der Waals surface area (Å²) in [5.41, 5.74) is 1.53. The molecule has 0 heterocycles. The first-order valence-corrected chi connectivity index (χ1v) is 10.3. The molecule has 5 unspecified atom stereocenters. The van der Waals surface area contributed by atoms with Crippen LogP contribution in [-0.4, -0.2) is 0 Å². The average Bonchev–Trinajstić information content (AvgIpc) is 3.14. The molecule has 0 nitrogen and oxygen atoms in total. The topological polar surface area (TPSA) is 0 Å². The number of terminal acetylenes is 1. The van der Waals surface area contributed by atoms with Gasteiger partial charge in [0.2, 0.25) is 0 Å². The maximum Gasteiger partial charge on any atom is 0.0566 e. The fourth-order valence-electron chi connectivity index (χ4n) is 6.35. The third-order valence-electron chi connectivity index (χ3n) is 8.03. The molecule has 0 N–H and O–H groups in total. The lowest BCUT2D eigenvalue weighted by molar-refractivity contribution is 0.0562. The van der Waals surface area contributed by atoms with Gasteiger partial charge in [0.1, 0.15) is 0 Å². The Bertz CT molecular complexity index is 501. The summed E-state index contributed by atoms with van der Waals surface area (Å²) < 4.78 is 0. The molecular weight excluding hydrogens is 288 g/mol. The van der Waals surface area contributed by atoms with Crippen LogP contribution >= 0.6 is 0 Å². The molecule has 2 rings (SSSR count). The predicted molar refractivity (Wildman–Crippen MR) is 107 cm³/mol. The van der Waals surface area contributed by atoms with Crippen LogP contribution in [0.15, 0.2) is 12.2 Å². The number of hydrogen-bond acceptors (Lipinski definition) is 0. The van der Waals surface area contributed by atoms with Crippen molar-refractivity contribution < 1.29 is 0 Å². The van der Waals surface area contributed by atoms with Crippen molar-refractivity contribution >= 4 is 0 Å². The van der Waals surface area contributed by atoms with Crippen LogP contribution in [0.3, 0.4) is 0 Å². The molecule has 0 aliphatic heterocycles. The maximum atomic E-state index is 6.17. The Hall–Kier alpha value is -0.700. The van der Waals surface area contributed by atoms with Crippen LogP contribution in [0.5, 0.6) is 0 Å². The van der Waals surface area contributed by atoms with E-state index in [9.17, 15) is 0 Å². The van der Waals surface area contributed by atoms with Crippen LogP contribution in [0, 0.1) is 58.7 Å². The molecule has 2 saturated carbocycles. The lowest BCUT2D eigenvalue weighted by atomic mass is 9.56. The zero-order chi connectivity index (χ0) is 18.3. The minimum absolute atomic E-state index is 0.163. The van der Waals surface area contributed by atoms with Crippen LogP contribution in [-0.2, 0) is 0 Å². The van der Waals surface area contributed by atoms with E-state index in [0.29, 0.717) is 17.3 Å². The van der Waals surface area contributed by atoms with E-state index in [1.54, 1.807) is 0 Å². The molecule has 0 spiro atoms. The summed E-state index contributed by atoms with van der Waals surface area (Å²) in [7, 11) is 0. The number of hydrogen-bond donors (Lipinski definition) is 0. The third-order valence-corrected chi connectivity index (χ3v) is 8.03. The molecule has 0 saturated heterocycles. The van der Waals surface area contributed by atoms with Gasteiger partial charge in [0, 0.05) is 0 Å². The molecule has 0 aromatic carbocycles. The van der Waals surface area contributed by atoms with Gasteiger partial charge >= 0.3 is 0 Å². The lowest BCUT2D eigenvalue weighted by Gasteiger charge is -2.48. The highest BCUT2D eigenvalue weighted by Gasteiger charge is 2.58. The van der Waals surface area contributed by atoms with Gasteiger partial charge in [-0.2, -0.15) is 0 Å². The second-order valence-corrected chi connectivity index (χ2v) is 9.84. The summed E-state index contributed by atoms with van der Waals surface area (Å²) in [5, 5.41) is 0. The normalized spacial score (nSPS) is 37.0. The van der Waals surface area contributed by atoms with Gasteiger partial charge in [0.05, 0.1) is 5.41 Å². The first-order chi connectivity index (χ1) is 11.1. The van der Waals surface area contributed by atoms with Gasteiger partial charge in [-0.15, -0.1) is 6.42 Å². The standard InChI is InChI=1S/C24H40/c1-10-21-15-23(21,9)22(14-20-12-18(7)13-20)19(8)24(11-2,16(3)4)17(5)6/h2,17-22H,3,10,12-15H2,1,4-9H3. The highest BCUT2D eigenvalue weighted by molar-refractivity contribution is 5.27. The molecule has 136 valence electrons. The van der Waals surface area contributed by atoms with E-state index in [1.165, 1.54) is 37.7 Å². The highest BCUT2D eigenvalue weighted by Crippen LogP contribution is 2.65. The second kappa shape index (κ2) is 6.90. The molecule has 0 amide bonds. The van der Waals surface area contributed by atoms with E-state index < -0.39 is 0 Å². The minimum Gasteiger partial charge on any atom is -0.119 e. The van der Waals surface area contributed by atoms with Crippen molar-refractivity contribution in [2.45, 2.75) is 80.6 Å². The molecule has 0 aromatic heterocycles. The van der Waals surface area contributed by atoms with Gasteiger partial charge in [-0.25, -0.2) is 0 Å². The fraction of sp³-hybridized carbons (Fsp3) is 0.833. The zero-order valence-corrected chi connectivity index (χ0v) is 17.3. The molecule has 2 fully saturated rings. The summed E-state index contributed by atoms with van der Waals surface area (Å²) >= 11 is 0. The van der Waals surface area contributed by atoms with Crippen LogP contribution in [0.4, 0.5) is 0 Å². The average molecular weight is 329 g/mol. The zero-order valence-electron chi connectivity index (χ0n) is 17.3. The summed E-state index contributed by atoms with van der Waals surface area (Å²) in [6.45, 7) is 20.8. The quantitative estimate of drug-likeness (QED) is 0.333. The Balaban J connectivity index is 2.31. The van der Waals surface area contributed by atoms with Gasteiger partial charge in [0.15, 0.2) is 0 Å². The highest BCUT2D eigenvalue weighted by atomic mass is 14.6. The van der Waals surface area contributed by atoms with Gasteiger partial charge in [-0.05, 0) is 73.5 Å². The Morgan fingerprint density at radius 1 is 1.33 bits per heavy atom. The Morgan fingerprint density at radius 3 is 2.25 bits per heavy atom. The second-order valence-electron chi connectivity index (χ2n) is 9.84. The Kier molecular flexibility index (Phi) is 5.64. The van der Waals surface area contributed by atoms with Crippen molar-refractivity contribution in [3.05, 3.63) is 12.2 Å². The first-order valence-electron chi connectivity index (χ1n) is 10.3. The lowest BCUT2D eigenvalue weighted by Crippen LogP contribution is -2.42. The van der Waals surface area contributed by atoms with E-state index in [1.807, 2.05) is 0 Å². The van der Waals surface area contributed by atoms with Gasteiger partial charge < -0.3 is 0 Å². The maximum absolute atomic E-state index is 6.17. The first kappa shape index (κ1) is 19.6. The van der Waals surface area contributed by atoms with Crippen LogP contribution in [0.2, 0.25) is 0 Å². The molecule has 2 aliphatic carbocycles. The van der Waals surface area contributed by atoms with E-state index in [4.69, 9.17) is 6.42 Å². The third kappa shape index (κ3) is 3.09. The van der Waals surface area contributed by atoms with Gasteiger partial charge in [0.25, 0.3) is 0 Å². The monoisotopic (exact) mass is 328 g/mol. The van der Waals surface area contributed by atoms with Crippen molar-refractivity contribution in [1.29, 1.82) is 0 Å². The Morgan fingerprint density at radius 2 is 1.92 bits per heavy atom. The summed E-state index contributed by atoms with van der Waals surface area (Å²) in [6, 6.07) is 0. The fourth-order valence-corrected chi connectivity index (χ4v) is 6.35. The molecular formula is C24H40. The van der Waals surface area contributed by atoms with Crippen LogP contribution in [0.1, 0.15) is 80.6 Å². The van der Waals surface area contributed by atoms with Crippen LogP contribution < -0.4 is 0 Å². The predicted octanol–water partition coefficient (Wildman–Crippen LogP) is 6.96. The van der Waals surface area contributed by atoms with Crippen LogP contribution in [0.25, 0.3) is 0 Å². The molecule has 5 atom stereocenters. The molecule has 0 bridgehead atoms. The molecule has 0 heteroatoms. The van der Waals surface area contributed by atoms with Crippen molar-refractivity contribution in [3.63, 3.8) is 0 Å². The summed E-state index contributed by atoms with van der Waals surface area (Å²) in [4.78, 5) is 0. The van der Waals surface area contributed by atoms with Crippen molar-refractivity contribution in [2.24, 2.45) is 46.3 Å². The van der Waals surface area contributed by atoms with Gasteiger partial charge in [-0.3, -0.25) is 0 Å². The Labute approximate surface area is 151 Å². The molecule has 0 radical (unpaired) electrons. The number of rotatable bonds is 8. The van der Waals surface area contributed by atoms with E-state index in [2.05, 4.69) is 61.0 Å². The van der Waals surface area contributed by atoms with E-state index in [-0.39, 0.29) is 5.41 Å². The molecule has 0 aromatic rings. The largest absolute Gasteiger partial charge is 0.119 e. The summed E-state index contributed by atoms with van der Waals surface area (Å²) in [5.74, 6) is 7.69. The van der Waals surface area contributed by atoms with Crippen molar-refractivity contribution in [2.75, 3.05) is 0 Å². The van der Waals surface area contributed by atoms with Gasteiger partial charge in [-0.1, -0.05) is 66.0 Å².